The van der Waals surface area contributed by atoms with Crippen LogP contribution in [0, 0.1) is 17.7 Å². The predicted molar refractivity (Wildman–Crippen MR) is 52.5 cm³/mol. The number of hydrogen-bond acceptors (Lipinski definition) is 2. The number of halogens is 1. The molecule has 2 N–H and O–H groups in total. The van der Waals surface area contributed by atoms with E-state index in [2.05, 4.69) is 11.8 Å². The van der Waals surface area contributed by atoms with E-state index >= 15 is 0 Å². The third kappa shape index (κ3) is 3.24. The number of hydrogen-bond donors (Lipinski definition) is 1. The second-order valence-corrected chi connectivity index (χ2v) is 2.79. The molecule has 0 bridgehead atoms. The van der Waals surface area contributed by atoms with Gasteiger partial charge in [-0.3, -0.25) is 9.59 Å². The van der Waals surface area contributed by atoms with Crippen molar-refractivity contribution in [1.29, 1.82) is 0 Å². The Bertz CT molecular complexity index is 457. The van der Waals surface area contributed by atoms with Crippen LogP contribution in [0.2, 0.25) is 0 Å². The largest absolute Gasteiger partial charge is 0.369 e. The molecule has 1 aromatic rings. The fourth-order valence-electron chi connectivity index (χ4n) is 0.966. The zero-order valence-corrected chi connectivity index (χ0v) is 7.79. The summed E-state index contributed by atoms with van der Waals surface area (Å²) in [6, 6.07) is 3.64. The quantitative estimate of drug-likeness (QED) is 0.575. The van der Waals surface area contributed by atoms with Crippen LogP contribution in [0.25, 0.3) is 0 Å². The van der Waals surface area contributed by atoms with Crippen LogP contribution in [0.5, 0.6) is 0 Å². The van der Waals surface area contributed by atoms with E-state index in [0.29, 0.717) is 6.29 Å². The summed E-state index contributed by atoms with van der Waals surface area (Å²) in [5.74, 6) is 3.92. The topological polar surface area (TPSA) is 60.2 Å². The molecule has 0 radical (unpaired) electrons. The van der Waals surface area contributed by atoms with Gasteiger partial charge in [-0.1, -0.05) is 11.8 Å². The van der Waals surface area contributed by atoms with Crippen LogP contribution in [0.3, 0.4) is 0 Å². The fraction of sp³-hybridized carbons (Fsp3) is 0.0909. The molecule has 3 nitrogen and oxygen atoms in total. The lowest BCUT2D eigenvalue weighted by molar-refractivity contribution is -0.117. The van der Waals surface area contributed by atoms with Gasteiger partial charge in [0.25, 0.3) is 0 Å². The van der Waals surface area contributed by atoms with Crippen LogP contribution in [0.1, 0.15) is 22.3 Å². The molecule has 0 fully saturated rings. The molecule has 4 heteroatoms. The van der Waals surface area contributed by atoms with Crippen LogP contribution in [0.15, 0.2) is 18.2 Å². The van der Waals surface area contributed by atoms with Gasteiger partial charge in [0.05, 0.1) is 6.42 Å². The molecule has 0 unspecified atom stereocenters. The van der Waals surface area contributed by atoms with E-state index in [-0.39, 0.29) is 17.5 Å². The lowest BCUT2D eigenvalue weighted by Gasteiger charge is -1.95. The molecule has 15 heavy (non-hydrogen) atoms. The van der Waals surface area contributed by atoms with Gasteiger partial charge in [-0.05, 0) is 18.2 Å². The van der Waals surface area contributed by atoms with Crippen molar-refractivity contribution in [3.05, 3.63) is 35.1 Å². The molecule has 0 aliphatic carbocycles. The molecule has 0 aromatic heterocycles. The second kappa shape index (κ2) is 4.91. The van der Waals surface area contributed by atoms with E-state index < -0.39 is 11.7 Å². The fourth-order valence-corrected chi connectivity index (χ4v) is 0.966. The first-order valence-corrected chi connectivity index (χ1v) is 4.15. The van der Waals surface area contributed by atoms with E-state index in [1.165, 1.54) is 12.1 Å². The zero-order chi connectivity index (χ0) is 11.3. The van der Waals surface area contributed by atoms with Gasteiger partial charge in [0.15, 0.2) is 6.29 Å². The number of benzene rings is 1. The van der Waals surface area contributed by atoms with Crippen molar-refractivity contribution < 1.29 is 14.0 Å². The second-order valence-electron chi connectivity index (χ2n) is 2.79. The van der Waals surface area contributed by atoms with Gasteiger partial charge < -0.3 is 5.73 Å². The van der Waals surface area contributed by atoms with Gasteiger partial charge in [0, 0.05) is 11.1 Å². The Balaban J connectivity index is 2.99. The molecule has 0 aliphatic heterocycles. The van der Waals surface area contributed by atoms with Crippen molar-refractivity contribution in [3.63, 3.8) is 0 Å². The van der Waals surface area contributed by atoms with Crippen LogP contribution in [0.4, 0.5) is 4.39 Å². The molecule has 1 rings (SSSR count). The van der Waals surface area contributed by atoms with Crippen molar-refractivity contribution in [1.82, 2.24) is 0 Å². The standard InChI is InChI=1S/C11H8FNO2/c12-10-5-4-9(7-14)8(6-10)2-1-3-11(13)15/h4-7H,3H2,(H2,13,15). The summed E-state index contributed by atoms with van der Waals surface area (Å²) in [6.45, 7) is 0. The Morgan fingerprint density at radius 2 is 2.27 bits per heavy atom. The van der Waals surface area contributed by atoms with E-state index in [1.807, 2.05) is 0 Å². The van der Waals surface area contributed by atoms with Crippen molar-refractivity contribution in [3.8, 4) is 11.8 Å². The van der Waals surface area contributed by atoms with Crippen molar-refractivity contribution in [2.75, 3.05) is 0 Å². The lowest BCUT2D eigenvalue weighted by Crippen LogP contribution is -2.08. The molecule has 0 atom stereocenters. The third-order valence-electron chi connectivity index (χ3n) is 1.63. The van der Waals surface area contributed by atoms with Gasteiger partial charge in [-0.25, -0.2) is 4.39 Å². The summed E-state index contributed by atoms with van der Waals surface area (Å²) >= 11 is 0. The maximum atomic E-state index is 12.8. The highest BCUT2D eigenvalue weighted by molar-refractivity contribution is 5.80. The minimum atomic E-state index is -0.563. The van der Waals surface area contributed by atoms with E-state index in [0.717, 1.165) is 6.07 Å². The number of carbonyl (C=O) groups excluding carboxylic acids is 2. The maximum Gasteiger partial charge on any atom is 0.229 e. The Morgan fingerprint density at radius 1 is 1.53 bits per heavy atom. The molecule has 0 saturated heterocycles. The van der Waals surface area contributed by atoms with Gasteiger partial charge >= 0.3 is 0 Å². The number of amides is 1. The van der Waals surface area contributed by atoms with Crippen LogP contribution in [-0.4, -0.2) is 12.2 Å². The Kier molecular flexibility index (Phi) is 3.58. The number of rotatable bonds is 2. The lowest BCUT2D eigenvalue weighted by atomic mass is 10.1. The molecule has 0 heterocycles. The van der Waals surface area contributed by atoms with E-state index in [4.69, 9.17) is 5.73 Å². The summed E-state index contributed by atoms with van der Waals surface area (Å²) in [5.41, 5.74) is 5.41. The summed E-state index contributed by atoms with van der Waals surface area (Å²) in [4.78, 5) is 20.9. The van der Waals surface area contributed by atoms with Gasteiger partial charge in [0.1, 0.15) is 5.82 Å². The third-order valence-corrected chi connectivity index (χ3v) is 1.63. The molecule has 76 valence electrons. The highest BCUT2D eigenvalue weighted by atomic mass is 19.1. The maximum absolute atomic E-state index is 12.8. The molecule has 1 aromatic carbocycles. The molecular formula is C11H8FNO2. The Morgan fingerprint density at radius 3 is 2.87 bits per heavy atom. The van der Waals surface area contributed by atoms with Crippen molar-refractivity contribution in [2.24, 2.45) is 5.73 Å². The van der Waals surface area contributed by atoms with Gasteiger partial charge in [0.2, 0.25) is 5.91 Å². The molecule has 0 saturated carbocycles. The summed E-state index contributed by atoms with van der Waals surface area (Å²) in [5, 5.41) is 0. The minimum Gasteiger partial charge on any atom is -0.369 e. The molecule has 0 spiro atoms. The first-order valence-electron chi connectivity index (χ1n) is 4.15. The predicted octanol–water partition coefficient (Wildman–Crippen LogP) is 0.865. The first-order chi connectivity index (χ1) is 7.13. The molecule has 1 amide bonds. The van der Waals surface area contributed by atoms with Gasteiger partial charge in [-0.15, -0.1) is 0 Å². The smallest absolute Gasteiger partial charge is 0.229 e. The summed E-state index contributed by atoms with van der Waals surface area (Å²) < 4.78 is 12.8. The normalized spacial score (nSPS) is 8.87. The van der Waals surface area contributed by atoms with E-state index in [9.17, 15) is 14.0 Å². The average molecular weight is 205 g/mol. The van der Waals surface area contributed by atoms with Crippen molar-refractivity contribution >= 4 is 12.2 Å². The zero-order valence-electron chi connectivity index (χ0n) is 7.79. The first kappa shape index (κ1) is 10.9. The van der Waals surface area contributed by atoms with Gasteiger partial charge in [-0.2, -0.15) is 0 Å². The number of nitrogens with two attached hydrogens (primary N) is 1. The van der Waals surface area contributed by atoms with E-state index in [1.54, 1.807) is 0 Å². The summed E-state index contributed by atoms with van der Waals surface area (Å²) in [7, 11) is 0. The summed E-state index contributed by atoms with van der Waals surface area (Å²) in [6.07, 6.45) is 0.461. The minimum absolute atomic E-state index is 0.116. The van der Waals surface area contributed by atoms with Crippen LogP contribution < -0.4 is 5.73 Å². The highest BCUT2D eigenvalue weighted by Gasteiger charge is 2.00. The number of carbonyl (C=O) groups is 2. The highest BCUT2D eigenvalue weighted by Crippen LogP contribution is 2.07. The van der Waals surface area contributed by atoms with Crippen LogP contribution in [-0.2, 0) is 4.79 Å². The van der Waals surface area contributed by atoms with Crippen molar-refractivity contribution in [2.45, 2.75) is 6.42 Å². The molecular weight excluding hydrogens is 197 g/mol. The monoisotopic (exact) mass is 205 g/mol. The SMILES string of the molecule is NC(=O)CC#Cc1cc(F)ccc1C=O. The number of primary amides is 1. The van der Waals surface area contributed by atoms with Crippen LogP contribution >= 0.6 is 0 Å². The Hall–Kier alpha value is -2.15. The Labute approximate surface area is 86.1 Å². The number of aldehydes is 1. The average Bonchev–Trinajstić information content (AvgIpc) is 2.17. The molecule has 0 aliphatic rings.